The standard InChI is InChI=1S/C28H22N2O3S/c1-2-33-27(32)23-24(20-14-8-4-9-15-20)29-28-30(25(23)21-16-10-5-11-17-21)26(31)22(34-28)18-19-12-6-3-7-13-19/h3-18,25H,2H2,1H3. The van der Waals surface area contributed by atoms with Crippen LogP contribution in [0.5, 0.6) is 0 Å². The topological polar surface area (TPSA) is 60.7 Å². The molecule has 5 nitrogen and oxygen atoms in total. The van der Waals surface area contributed by atoms with Crippen molar-refractivity contribution in [1.29, 1.82) is 0 Å². The van der Waals surface area contributed by atoms with Gasteiger partial charge < -0.3 is 4.74 Å². The molecule has 5 rings (SSSR count). The van der Waals surface area contributed by atoms with E-state index in [1.54, 1.807) is 11.5 Å². The van der Waals surface area contributed by atoms with Gasteiger partial charge in [0, 0.05) is 5.56 Å². The summed E-state index contributed by atoms with van der Waals surface area (Å²) in [4.78, 5) is 32.4. The molecule has 0 N–H and O–H groups in total. The number of hydrogen-bond acceptors (Lipinski definition) is 5. The van der Waals surface area contributed by atoms with Gasteiger partial charge >= 0.3 is 5.97 Å². The van der Waals surface area contributed by atoms with Crippen molar-refractivity contribution in [2.45, 2.75) is 13.0 Å². The van der Waals surface area contributed by atoms with Crippen LogP contribution in [0.4, 0.5) is 0 Å². The average molecular weight is 467 g/mol. The zero-order valence-corrected chi connectivity index (χ0v) is 19.4. The van der Waals surface area contributed by atoms with Crippen LogP contribution in [0.2, 0.25) is 0 Å². The first-order valence-electron chi connectivity index (χ1n) is 11.1. The first-order valence-corrected chi connectivity index (χ1v) is 11.9. The fourth-order valence-corrected chi connectivity index (χ4v) is 5.09. The predicted octanol–water partition coefficient (Wildman–Crippen LogP) is 3.94. The highest BCUT2D eigenvalue weighted by Crippen LogP contribution is 2.34. The lowest BCUT2D eigenvalue weighted by atomic mass is 9.93. The van der Waals surface area contributed by atoms with Crippen LogP contribution in [0.15, 0.2) is 106 Å². The number of rotatable bonds is 5. The van der Waals surface area contributed by atoms with Gasteiger partial charge in [0.15, 0.2) is 4.80 Å². The van der Waals surface area contributed by atoms with E-state index in [0.717, 1.165) is 16.7 Å². The number of ether oxygens (including phenoxy) is 1. The van der Waals surface area contributed by atoms with Gasteiger partial charge in [-0.15, -0.1) is 0 Å². The van der Waals surface area contributed by atoms with Crippen LogP contribution in [0, 0.1) is 0 Å². The molecule has 0 spiro atoms. The second-order valence-corrected chi connectivity index (χ2v) is 8.76. The summed E-state index contributed by atoms with van der Waals surface area (Å²) in [5.41, 5.74) is 3.25. The Hall–Kier alpha value is -4.03. The molecule has 0 aliphatic carbocycles. The average Bonchev–Trinajstić information content (AvgIpc) is 3.19. The van der Waals surface area contributed by atoms with Gasteiger partial charge in [0.25, 0.3) is 5.56 Å². The molecule has 0 bridgehead atoms. The summed E-state index contributed by atoms with van der Waals surface area (Å²) in [6.07, 6.45) is 1.86. The molecule has 3 aromatic carbocycles. The van der Waals surface area contributed by atoms with E-state index >= 15 is 0 Å². The predicted molar refractivity (Wildman–Crippen MR) is 134 cm³/mol. The second-order valence-electron chi connectivity index (χ2n) is 7.75. The third-order valence-corrected chi connectivity index (χ3v) is 6.57. The van der Waals surface area contributed by atoms with Gasteiger partial charge in [-0.3, -0.25) is 9.36 Å². The van der Waals surface area contributed by atoms with Crippen LogP contribution in [0.25, 0.3) is 11.8 Å². The largest absolute Gasteiger partial charge is 0.463 e. The van der Waals surface area contributed by atoms with Crippen molar-refractivity contribution in [2.75, 3.05) is 6.61 Å². The van der Waals surface area contributed by atoms with E-state index in [-0.39, 0.29) is 12.2 Å². The van der Waals surface area contributed by atoms with Crippen molar-refractivity contribution in [2.24, 2.45) is 4.99 Å². The minimum atomic E-state index is -0.648. The third-order valence-electron chi connectivity index (χ3n) is 5.59. The number of benzene rings is 3. The lowest BCUT2D eigenvalue weighted by Crippen LogP contribution is -2.39. The van der Waals surface area contributed by atoms with Crippen LogP contribution in [0.3, 0.4) is 0 Å². The molecule has 0 radical (unpaired) electrons. The molecule has 0 saturated carbocycles. The number of aromatic nitrogens is 1. The van der Waals surface area contributed by atoms with Crippen LogP contribution in [-0.4, -0.2) is 17.1 Å². The Balaban J connectivity index is 1.84. The van der Waals surface area contributed by atoms with Gasteiger partial charge in [0.05, 0.1) is 28.5 Å². The molecule has 6 heteroatoms. The summed E-state index contributed by atoms with van der Waals surface area (Å²) in [6, 6.07) is 28.2. The number of thiazole rings is 1. The molecular formula is C28H22N2O3S. The quantitative estimate of drug-likeness (QED) is 0.419. The van der Waals surface area contributed by atoms with Crippen LogP contribution < -0.4 is 14.9 Å². The summed E-state index contributed by atoms with van der Waals surface area (Å²) in [7, 11) is 0. The maximum atomic E-state index is 13.7. The molecular weight excluding hydrogens is 444 g/mol. The van der Waals surface area contributed by atoms with Gasteiger partial charge in [-0.1, -0.05) is 102 Å². The number of carbonyl (C=O) groups excluding carboxylic acids is 1. The molecule has 168 valence electrons. The molecule has 2 heterocycles. The Bertz CT molecular complexity index is 1540. The Kier molecular flexibility index (Phi) is 6.06. The van der Waals surface area contributed by atoms with Crippen molar-refractivity contribution < 1.29 is 9.53 Å². The molecule has 1 atom stereocenters. The molecule has 4 aromatic rings. The SMILES string of the molecule is CCOC(=O)C1=C(c2ccccc2)N=c2sc(=Cc3ccccc3)c(=O)n2C1c1ccccc1. The summed E-state index contributed by atoms with van der Waals surface area (Å²) in [5.74, 6) is -0.476. The van der Waals surface area contributed by atoms with Crippen molar-refractivity contribution in [1.82, 2.24) is 4.57 Å². The normalized spacial score (nSPS) is 15.6. The van der Waals surface area contributed by atoms with E-state index in [2.05, 4.69) is 0 Å². The van der Waals surface area contributed by atoms with Gasteiger partial charge in [-0.05, 0) is 24.1 Å². The summed E-state index contributed by atoms with van der Waals surface area (Å²) >= 11 is 1.32. The van der Waals surface area contributed by atoms with Crippen LogP contribution in [0.1, 0.15) is 29.7 Å². The molecule has 1 aliphatic rings. The molecule has 1 aromatic heterocycles. The smallest absolute Gasteiger partial charge is 0.338 e. The second kappa shape index (κ2) is 9.45. The fourth-order valence-electron chi connectivity index (χ4n) is 4.09. The van der Waals surface area contributed by atoms with E-state index in [1.807, 2.05) is 97.1 Å². The number of nitrogens with zero attached hydrogens (tertiary/aromatic N) is 2. The number of hydrogen-bond donors (Lipinski definition) is 0. The molecule has 34 heavy (non-hydrogen) atoms. The monoisotopic (exact) mass is 466 g/mol. The van der Waals surface area contributed by atoms with Crippen molar-refractivity contribution in [3.8, 4) is 0 Å². The third kappa shape index (κ3) is 4.04. The van der Waals surface area contributed by atoms with Crippen molar-refractivity contribution in [3.63, 3.8) is 0 Å². The van der Waals surface area contributed by atoms with Gasteiger partial charge in [-0.2, -0.15) is 0 Å². The number of fused-ring (bicyclic) bond motifs is 1. The molecule has 0 fully saturated rings. The van der Waals surface area contributed by atoms with E-state index in [4.69, 9.17) is 9.73 Å². The molecule has 0 amide bonds. The molecule has 0 saturated heterocycles. The minimum absolute atomic E-state index is 0.185. The molecule has 1 aliphatic heterocycles. The van der Waals surface area contributed by atoms with E-state index in [9.17, 15) is 9.59 Å². The van der Waals surface area contributed by atoms with E-state index < -0.39 is 12.0 Å². The lowest BCUT2D eigenvalue weighted by Gasteiger charge is -2.25. The Morgan fingerprint density at radius 1 is 0.971 bits per heavy atom. The van der Waals surface area contributed by atoms with Crippen LogP contribution >= 0.6 is 11.3 Å². The van der Waals surface area contributed by atoms with E-state index in [1.165, 1.54) is 11.3 Å². The van der Waals surface area contributed by atoms with Gasteiger partial charge in [0.1, 0.15) is 0 Å². The summed E-state index contributed by atoms with van der Waals surface area (Å²) in [5, 5.41) is 0. The highest BCUT2D eigenvalue weighted by atomic mass is 32.1. The minimum Gasteiger partial charge on any atom is -0.463 e. The summed E-state index contributed by atoms with van der Waals surface area (Å²) < 4.78 is 7.64. The molecule has 1 unspecified atom stereocenters. The maximum Gasteiger partial charge on any atom is 0.338 e. The fraction of sp³-hybridized carbons (Fsp3) is 0.107. The lowest BCUT2D eigenvalue weighted by molar-refractivity contribution is -0.138. The van der Waals surface area contributed by atoms with Gasteiger partial charge in [0.2, 0.25) is 0 Å². The summed E-state index contributed by atoms with van der Waals surface area (Å²) in [6.45, 7) is 2.00. The Labute approximate surface area is 200 Å². The zero-order chi connectivity index (χ0) is 23.5. The number of carbonyl (C=O) groups is 1. The van der Waals surface area contributed by atoms with Crippen molar-refractivity contribution >= 4 is 29.1 Å². The first-order chi connectivity index (χ1) is 16.7. The van der Waals surface area contributed by atoms with E-state index in [0.29, 0.717) is 20.6 Å². The highest BCUT2D eigenvalue weighted by Gasteiger charge is 2.34. The highest BCUT2D eigenvalue weighted by molar-refractivity contribution is 7.07. The maximum absolute atomic E-state index is 13.7. The van der Waals surface area contributed by atoms with Crippen LogP contribution in [-0.2, 0) is 9.53 Å². The zero-order valence-electron chi connectivity index (χ0n) is 18.5. The first kappa shape index (κ1) is 21.8. The van der Waals surface area contributed by atoms with Crippen molar-refractivity contribution in [3.05, 3.63) is 133 Å². The van der Waals surface area contributed by atoms with Gasteiger partial charge in [-0.25, -0.2) is 9.79 Å². The number of esters is 1. The Morgan fingerprint density at radius 3 is 2.24 bits per heavy atom. The Morgan fingerprint density at radius 2 is 1.59 bits per heavy atom.